The van der Waals surface area contributed by atoms with Crippen LogP contribution in [0.4, 0.5) is 0 Å². The van der Waals surface area contributed by atoms with Gasteiger partial charge in [0.05, 0.1) is 6.61 Å². The molecule has 0 fully saturated rings. The second-order valence-corrected chi connectivity index (χ2v) is 3.71. The van der Waals surface area contributed by atoms with E-state index in [1.54, 1.807) is 30.3 Å². The van der Waals surface area contributed by atoms with Crippen LogP contribution in [0.2, 0.25) is 5.02 Å². The maximum absolute atomic E-state index is 12.0. The van der Waals surface area contributed by atoms with E-state index in [9.17, 15) is 4.79 Å². The summed E-state index contributed by atoms with van der Waals surface area (Å²) in [6.07, 6.45) is 1.62. The first kappa shape index (κ1) is 12.7. The molecule has 0 aliphatic rings. The van der Waals surface area contributed by atoms with Crippen molar-refractivity contribution in [2.24, 2.45) is 0 Å². The standard InChI is InChI=1S/C12H14ClNO2/c1-2-6-14(7-8-15)12(16)10-4-3-5-11(13)9-10/h2-5,9,15H,1,6-8H2. The molecular weight excluding hydrogens is 226 g/mol. The molecule has 0 bridgehead atoms. The highest BCUT2D eigenvalue weighted by Crippen LogP contribution is 2.12. The minimum absolute atomic E-state index is 0.0693. The summed E-state index contributed by atoms with van der Waals surface area (Å²) in [4.78, 5) is 13.5. The van der Waals surface area contributed by atoms with Crippen LogP contribution in [-0.2, 0) is 0 Å². The molecule has 0 aliphatic heterocycles. The van der Waals surface area contributed by atoms with E-state index in [0.717, 1.165) is 0 Å². The van der Waals surface area contributed by atoms with Crippen molar-refractivity contribution in [2.45, 2.75) is 0 Å². The van der Waals surface area contributed by atoms with E-state index in [1.807, 2.05) is 0 Å². The van der Waals surface area contributed by atoms with Gasteiger partial charge in [-0.1, -0.05) is 23.7 Å². The third-order valence-electron chi connectivity index (χ3n) is 2.08. The van der Waals surface area contributed by atoms with Gasteiger partial charge in [0.1, 0.15) is 0 Å². The molecule has 1 N–H and O–H groups in total. The molecule has 1 rings (SSSR count). The summed E-state index contributed by atoms with van der Waals surface area (Å²) in [5.41, 5.74) is 0.516. The first-order chi connectivity index (χ1) is 7.69. The van der Waals surface area contributed by atoms with Gasteiger partial charge in [0.15, 0.2) is 0 Å². The molecule has 1 amide bonds. The summed E-state index contributed by atoms with van der Waals surface area (Å²) in [6, 6.07) is 6.74. The van der Waals surface area contributed by atoms with Crippen molar-refractivity contribution < 1.29 is 9.90 Å². The van der Waals surface area contributed by atoms with Crippen molar-refractivity contribution in [3.63, 3.8) is 0 Å². The van der Waals surface area contributed by atoms with E-state index < -0.39 is 0 Å². The number of aliphatic hydroxyl groups excluding tert-OH is 1. The molecule has 0 heterocycles. The highest BCUT2D eigenvalue weighted by molar-refractivity contribution is 6.30. The Labute approximate surface area is 100.0 Å². The van der Waals surface area contributed by atoms with E-state index in [-0.39, 0.29) is 19.1 Å². The van der Waals surface area contributed by atoms with Gasteiger partial charge in [-0.15, -0.1) is 6.58 Å². The summed E-state index contributed by atoms with van der Waals surface area (Å²) >= 11 is 5.81. The quantitative estimate of drug-likeness (QED) is 0.798. The molecule has 86 valence electrons. The zero-order valence-corrected chi connectivity index (χ0v) is 9.65. The number of benzene rings is 1. The Hall–Kier alpha value is -1.32. The first-order valence-electron chi connectivity index (χ1n) is 4.95. The van der Waals surface area contributed by atoms with E-state index in [2.05, 4.69) is 6.58 Å². The number of carbonyl (C=O) groups excluding carboxylic acids is 1. The van der Waals surface area contributed by atoms with Crippen LogP contribution in [0.25, 0.3) is 0 Å². The lowest BCUT2D eigenvalue weighted by atomic mass is 10.2. The zero-order chi connectivity index (χ0) is 12.0. The van der Waals surface area contributed by atoms with Gasteiger partial charge in [-0.25, -0.2) is 0 Å². The molecule has 0 aromatic heterocycles. The highest BCUT2D eigenvalue weighted by Gasteiger charge is 2.13. The normalized spacial score (nSPS) is 9.88. The largest absolute Gasteiger partial charge is 0.395 e. The van der Waals surface area contributed by atoms with Gasteiger partial charge in [-0.2, -0.15) is 0 Å². The summed E-state index contributed by atoms with van der Waals surface area (Å²) in [6.45, 7) is 4.20. The Morgan fingerprint density at radius 2 is 2.31 bits per heavy atom. The second kappa shape index (κ2) is 6.30. The van der Waals surface area contributed by atoms with Crippen LogP contribution in [-0.4, -0.2) is 35.6 Å². The molecule has 16 heavy (non-hydrogen) atoms. The minimum atomic E-state index is -0.156. The Kier molecular flexibility index (Phi) is 5.02. The molecule has 0 unspecified atom stereocenters. The lowest BCUT2D eigenvalue weighted by Gasteiger charge is -2.19. The summed E-state index contributed by atoms with van der Waals surface area (Å²) < 4.78 is 0. The Balaban J connectivity index is 2.85. The molecular formula is C12H14ClNO2. The molecule has 0 aliphatic carbocycles. The third-order valence-corrected chi connectivity index (χ3v) is 2.31. The predicted octanol–water partition coefficient (Wildman–Crippen LogP) is 1.96. The number of hydrogen-bond donors (Lipinski definition) is 1. The fraction of sp³-hybridized carbons (Fsp3) is 0.250. The van der Waals surface area contributed by atoms with Crippen molar-refractivity contribution in [3.8, 4) is 0 Å². The van der Waals surface area contributed by atoms with Gasteiger partial charge >= 0.3 is 0 Å². The number of aliphatic hydroxyl groups is 1. The lowest BCUT2D eigenvalue weighted by Crippen LogP contribution is -2.33. The molecule has 0 saturated carbocycles. The molecule has 0 radical (unpaired) electrons. The van der Waals surface area contributed by atoms with Gasteiger partial charge in [-0.3, -0.25) is 4.79 Å². The van der Waals surface area contributed by atoms with Gasteiger partial charge in [0.2, 0.25) is 0 Å². The molecule has 0 spiro atoms. The van der Waals surface area contributed by atoms with Crippen LogP contribution in [0.15, 0.2) is 36.9 Å². The Morgan fingerprint density at radius 1 is 1.56 bits per heavy atom. The van der Waals surface area contributed by atoms with Crippen molar-refractivity contribution in [1.82, 2.24) is 4.90 Å². The first-order valence-corrected chi connectivity index (χ1v) is 5.33. The Morgan fingerprint density at radius 3 is 2.88 bits per heavy atom. The van der Waals surface area contributed by atoms with Crippen LogP contribution >= 0.6 is 11.6 Å². The fourth-order valence-electron chi connectivity index (χ4n) is 1.36. The maximum Gasteiger partial charge on any atom is 0.254 e. The van der Waals surface area contributed by atoms with Crippen LogP contribution in [0.1, 0.15) is 10.4 Å². The van der Waals surface area contributed by atoms with Crippen LogP contribution in [0.3, 0.4) is 0 Å². The average molecular weight is 240 g/mol. The molecule has 4 heteroatoms. The van der Waals surface area contributed by atoms with Crippen LogP contribution in [0.5, 0.6) is 0 Å². The van der Waals surface area contributed by atoms with E-state index in [0.29, 0.717) is 17.1 Å². The topological polar surface area (TPSA) is 40.5 Å². The summed E-state index contributed by atoms with van der Waals surface area (Å²) in [5.74, 6) is -0.156. The monoisotopic (exact) mass is 239 g/mol. The summed E-state index contributed by atoms with van der Waals surface area (Å²) in [7, 11) is 0. The molecule has 3 nitrogen and oxygen atoms in total. The van der Waals surface area contributed by atoms with E-state index >= 15 is 0 Å². The van der Waals surface area contributed by atoms with E-state index in [4.69, 9.17) is 16.7 Å². The smallest absolute Gasteiger partial charge is 0.254 e. The number of hydrogen-bond acceptors (Lipinski definition) is 2. The van der Waals surface area contributed by atoms with Gasteiger partial charge in [0.25, 0.3) is 5.91 Å². The number of halogens is 1. The van der Waals surface area contributed by atoms with Crippen molar-refractivity contribution in [3.05, 3.63) is 47.5 Å². The number of carbonyl (C=O) groups is 1. The molecule has 1 aromatic carbocycles. The van der Waals surface area contributed by atoms with Gasteiger partial charge < -0.3 is 10.0 Å². The van der Waals surface area contributed by atoms with E-state index in [1.165, 1.54) is 4.90 Å². The second-order valence-electron chi connectivity index (χ2n) is 3.27. The minimum Gasteiger partial charge on any atom is -0.395 e. The van der Waals surface area contributed by atoms with Gasteiger partial charge in [-0.05, 0) is 18.2 Å². The number of rotatable bonds is 5. The van der Waals surface area contributed by atoms with Gasteiger partial charge in [0, 0.05) is 23.7 Å². The number of amides is 1. The predicted molar refractivity (Wildman–Crippen MR) is 64.6 cm³/mol. The third kappa shape index (κ3) is 3.36. The highest BCUT2D eigenvalue weighted by atomic mass is 35.5. The van der Waals surface area contributed by atoms with Crippen molar-refractivity contribution in [2.75, 3.05) is 19.7 Å². The van der Waals surface area contributed by atoms with Crippen LogP contribution in [0, 0.1) is 0 Å². The van der Waals surface area contributed by atoms with Crippen molar-refractivity contribution >= 4 is 17.5 Å². The maximum atomic E-state index is 12.0. The SMILES string of the molecule is C=CCN(CCO)C(=O)c1cccc(Cl)c1. The Bertz CT molecular complexity index is 379. The summed E-state index contributed by atoms with van der Waals surface area (Å²) in [5, 5.41) is 9.38. The van der Waals surface area contributed by atoms with Crippen LogP contribution < -0.4 is 0 Å². The fourth-order valence-corrected chi connectivity index (χ4v) is 1.55. The lowest BCUT2D eigenvalue weighted by molar-refractivity contribution is 0.0743. The molecule has 1 aromatic rings. The van der Waals surface area contributed by atoms with Crippen molar-refractivity contribution in [1.29, 1.82) is 0 Å². The zero-order valence-electron chi connectivity index (χ0n) is 8.90. The average Bonchev–Trinajstić information content (AvgIpc) is 2.28. The number of nitrogens with zero attached hydrogens (tertiary/aromatic N) is 1. The molecule has 0 atom stereocenters. The molecule has 0 saturated heterocycles.